The Labute approximate surface area is 195 Å². The number of ether oxygens (including phenoxy) is 3. The molecule has 176 valence electrons. The highest BCUT2D eigenvalue weighted by Crippen LogP contribution is 2.28. The van der Waals surface area contributed by atoms with E-state index >= 15 is 0 Å². The summed E-state index contributed by atoms with van der Waals surface area (Å²) in [4.78, 5) is 42.7. The van der Waals surface area contributed by atoms with Crippen LogP contribution in [0, 0.1) is 6.92 Å². The maximum absolute atomic E-state index is 12.9. The van der Waals surface area contributed by atoms with Crippen LogP contribution in [0.15, 0.2) is 29.3 Å². The van der Waals surface area contributed by atoms with Gasteiger partial charge in [0.1, 0.15) is 16.3 Å². The van der Waals surface area contributed by atoms with Crippen molar-refractivity contribution in [3.05, 3.63) is 50.9 Å². The summed E-state index contributed by atoms with van der Waals surface area (Å²) in [5.74, 6) is 0.461. The zero-order chi connectivity index (χ0) is 24.1. The van der Waals surface area contributed by atoms with Crippen molar-refractivity contribution in [2.45, 2.75) is 39.8 Å². The van der Waals surface area contributed by atoms with E-state index in [0.29, 0.717) is 45.1 Å². The number of benzene rings is 1. The van der Waals surface area contributed by atoms with Crippen LogP contribution in [-0.4, -0.2) is 48.3 Å². The van der Waals surface area contributed by atoms with Crippen molar-refractivity contribution in [3.8, 4) is 11.5 Å². The van der Waals surface area contributed by atoms with Gasteiger partial charge in [0.2, 0.25) is 5.91 Å². The van der Waals surface area contributed by atoms with E-state index in [1.165, 1.54) is 10.9 Å². The van der Waals surface area contributed by atoms with Gasteiger partial charge in [0.05, 0.1) is 32.0 Å². The molecule has 3 rings (SSSR count). The van der Waals surface area contributed by atoms with Crippen molar-refractivity contribution in [1.29, 1.82) is 0 Å². The summed E-state index contributed by atoms with van der Waals surface area (Å²) in [7, 11) is 3.14. The lowest BCUT2D eigenvalue weighted by molar-refractivity contribution is -0.121. The van der Waals surface area contributed by atoms with Crippen LogP contribution >= 0.6 is 11.3 Å². The Balaban J connectivity index is 1.67. The summed E-state index contributed by atoms with van der Waals surface area (Å²) in [6.45, 7) is 5.42. The Bertz CT molecular complexity index is 1230. The minimum Gasteiger partial charge on any atom is -0.493 e. The van der Waals surface area contributed by atoms with Gasteiger partial charge in [-0.2, -0.15) is 0 Å². The van der Waals surface area contributed by atoms with Gasteiger partial charge >= 0.3 is 5.97 Å². The zero-order valence-electron chi connectivity index (χ0n) is 19.3. The number of methoxy groups -OCH3 is 2. The van der Waals surface area contributed by atoms with E-state index < -0.39 is 5.97 Å². The number of carbonyl (C=O) groups excluding carboxylic acids is 2. The Kier molecular flexibility index (Phi) is 7.70. The van der Waals surface area contributed by atoms with E-state index in [-0.39, 0.29) is 24.1 Å². The number of hydrogen-bond acceptors (Lipinski definition) is 8. The molecule has 0 aliphatic heterocycles. The third kappa shape index (κ3) is 5.51. The van der Waals surface area contributed by atoms with Gasteiger partial charge in [-0.15, -0.1) is 11.3 Å². The first kappa shape index (κ1) is 24.2. The number of hydrogen-bond donors (Lipinski definition) is 1. The maximum Gasteiger partial charge on any atom is 0.348 e. The molecule has 0 fully saturated rings. The number of esters is 1. The number of carbonyl (C=O) groups is 2. The topological polar surface area (TPSA) is 109 Å². The summed E-state index contributed by atoms with van der Waals surface area (Å²) in [6, 6.07) is 5.57. The number of fused-ring (bicyclic) bond motifs is 1. The van der Waals surface area contributed by atoms with E-state index in [9.17, 15) is 14.4 Å². The van der Waals surface area contributed by atoms with E-state index in [1.807, 2.05) is 18.2 Å². The van der Waals surface area contributed by atoms with Crippen molar-refractivity contribution < 1.29 is 23.8 Å². The van der Waals surface area contributed by atoms with Gasteiger partial charge < -0.3 is 19.5 Å². The largest absolute Gasteiger partial charge is 0.493 e. The molecule has 0 aliphatic rings. The standard InChI is InChI=1S/C23H27N3O6S/c1-13(2)32-23(29)20-14(3)19-21(33-20)25-12-26(22(19)28)11-18(27)24-9-8-15-6-7-16(30-4)17(10-15)31-5/h6-7,10,12-13H,8-9,11H2,1-5H3,(H,24,27). The molecule has 0 atom stereocenters. The number of thiophene rings is 1. The Morgan fingerprint density at radius 1 is 1.18 bits per heavy atom. The first-order chi connectivity index (χ1) is 15.7. The van der Waals surface area contributed by atoms with Gasteiger partial charge in [-0.05, 0) is 50.5 Å². The maximum atomic E-state index is 12.9. The van der Waals surface area contributed by atoms with Gasteiger partial charge in [-0.3, -0.25) is 14.2 Å². The monoisotopic (exact) mass is 473 g/mol. The van der Waals surface area contributed by atoms with Crippen molar-refractivity contribution in [1.82, 2.24) is 14.9 Å². The first-order valence-corrected chi connectivity index (χ1v) is 11.2. The molecule has 0 bridgehead atoms. The molecule has 1 aromatic carbocycles. The molecule has 1 N–H and O–H groups in total. The number of aryl methyl sites for hydroxylation is 1. The molecule has 0 saturated carbocycles. The van der Waals surface area contributed by atoms with Crippen LogP contribution < -0.4 is 20.3 Å². The molecule has 33 heavy (non-hydrogen) atoms. The highest BCUT2D eigenvalue weighted by molar-refractivity contribution is 7.20. The Morgan fingerprint density at radius 3 is 2.58 bits per heavy atom. The van der Waals surface area contributed by atoms with E-state index in [1.54, 1.807) is 35.0 Å². The van der Waals surface area contributed by atoms with E-state index in [0.717, 1.165) is 16.9 Å². The predicted molar refractivity (Wildman–Crippen MR) is 125 cm³/mol. The third-order valence-electron chi connectivity index (χ3n) is 4.94. The van der Waals surface area contributed by atoms with Crippen molar-refractivity contribution in [3.63, 3.8) is 0 Å². The van der Waals surface area contributed by atoms with Gasteiger partial charge in [0, 0.05) is 6.54 Å². The smallest absolute Gasteiger partial charge is 0.348 e. The summed E-state index contributed by atoms with van der Waals surface area (Å²) in [5.41, 5.74) is 1.12. The molecule has 0 saturated heterocycles. The van der Waals surface area contributed by atoms with Crippen molar-refractivity contribution >= 4 is 33.4 Å². The fourth-order valence-corrected chi connectivity index (χ4v) is 4.35. The van der Waals surface area contributed by atoms with Crippen LogP contribution in [0.25, 0.3) is 10.2 Å². The molecule has 0 spiro atoms. The van der Waals surface area contributed by atoms with Gasteiger partial charge in [-0.25, -0.2) is 9.78 Å². The number of aromatic nitrogens is 2. The van der Waals surface area contributed by atoms with Crippen LogP contribution in [0.5, 0.6) is 11.5 Å². The lowest BCUT2D eigenvalue weighted by atomic mass is 10.1. The average molecular weight is 474 g/mol. The summed E-state index contributed by atoms with van der Waals surface area (Å²) < 4.78 is 17.0. The third-order valence-corrected chi connectivity index (χ3v) is 6.12. The van der Waals surface area contributed by atoms with Gasteiger partial charge in [0.15, 0.2) is 11.5 Å². The molecule has 3 aromatic rings. The highest BCUT2D eigenvalue weighted by atomic mass is 32.1. The van der Waals surface area contributed by atoms with Gasteiger partial charge in [-0.1, -0.05) is 6.07 Å². The van der Waals surface area contributed by atoms with Gasteiger partial charge in [0.25, 0.3) is 5.56 Å². The molecular formula is C23H27N3O6S. The molecule has 2 heterocycles. The highest BCUT2D eigenvalue weighted by Gasteiger charge is 2.21. The Morgan fingerprint density at radius 2 is 1.91 bits per heavy atom. The molecule has 1 amide bonds. The summed E-state index contributed by atoms with van der Waals surface area (Å²) in [6.07, 6.45) is 1.64. The molecule has 0 aliphatic carbocycles. The zero-order valence-corrected chi connectivity index (χ0v) is 20.1. The van der Waals surface area contributed by atoms with Crippen LogP contribution in [0.3, 0.4) is 0 Å². The van der Waals surface area contributed by atoms with Crippen LogP contribution in [-0.2, 0) is 22.5 Å². The molecule has 2 aromatic heterocycles. The minimum absolute atomic E-state index is 0.172. The predicted octanol–water partition coefficient (Wildman–Crippen LogP) is 2.71. The molecule has 0 unspecified atom stereocenters. The lowest BCUT2D eigenvalue weighted by Crippen LogP contribution is -2.33. The van der Waals surface area contributed by atoms with Crippen LogP contribution in [0.4, 0.5) is 0 Å². The lowest BCUT2D eigenvalue weighted by Gasteiger charge is -2.10. The number of rotatable bonds is 9. The quantitative estimate of drug-likeness (QED) is 0.476. The van der Waals surface area contributed by atoms with Crippen molar-refractivity contribution in [2.75, 3.05) is 20.8 Å². The minimum atomic E-state index is -0.482. The fourth-order valence-electron chi connectivity index (χ4n) is 3.33. The molecule has 9 nitrogen and oxygen atoms in total. The number of amides is 1. The Hall–Kier alpha value is -3.40. The normalized spacial score (nSPS) is 11.0. The first-order valence-electron chi connectivity index (χ1n) is 10.4. The van der Waals surface area contributed by atoms with Crippen molar-refractivity contribution in [2.24, 2.45) is 0 Å². The number of nitrogens with zero attached hydrogens (tertiary/aromatic N) is 2. The molecule has 0 radical (unpaired) electrons. The summed E-state index contributed by atoms with van der Waals surface area (Å²) in [5, 5.41) is 3.14. The van der Waals surface area contributed by atoms with Crippen LogP contribution in [0.2, 0.25) is 0 Å². The SMILES string of the molecule is COc1ccc(CCNC(=O)Cn2cnc3sc(C(=O)OC(C)C)c(C)c3c2=O)cc1OC. The molecule has 10 heteroatoms. The average Bonchev–Trinajstić information content (AvgIpc) is 3.12. The fraction of sp³-hybridized carbons (Fsp3) is 0.391. The van der Waals surface area contributed by atoms with Crippen LogP contribution in [0.1, 0.15) is 34.6 Å². The second-order valence-corrected chi connectivity index (χ2v) is 8.66. The second-order valence-electron chi connectivity index (χ2n) is 7.66. The second kappa shape index (κ2) is 10.5. The molecular weight excluding hydrogens is 446 g/mol. The van der Waals surface area contributed by atoms with E-state index in [2.05, 4.69) is 10.3 Å². The van der Waals surface area contributed by atoms with E-state index in [4.69, 9.17) is 14.2 Å². The number of nitrogens with one attached hydrogen (secondary N) is 1. The summed E-state index contributed by atoms with van der Waals surface area (Å²) >= 11 is 1.11.